The minimum atomic E-state index is -0.948. The lowest BCUT2D eigenvalue weighted by molar-refractivity contribution is -0.141. The van der Waals surface area contributed by atoms with Gasteiger partial charge in [0, 0.05) is 19.3 Å². The molecule has 116 valence electrons. The van der Waals surface area contributed by atoms with Crippen molar-refractivity contribution >= 4 is 22.9 Å². The van der Waals surface area contributed by atoms with Crippen LogP contribution in [-0.2, 0) is 11.8 Å². The molecule has 22 heavy (non-hydrogen) atoms. The van der Waals surface area contributed by atoms with Crippen LogP contribution in [0.3, 0.4) is 0 Å². The number of carboxylic acids is 1. The van der Waals surface area contributed by atoms with Crippen molar-refractivity contribution in [3.05, 3.63) is 23.0 Å². The van der Waals surface area contributed by atoms with Gasteiger partial charge in [0.25, 0.3) is 5.91 Å². The highest BCUT2D eigenvalue weighted by molar-refractivity contribution is 6.07. The Labute approximate surface area is 127 Å². The molecule has 1 aliphatic heterocycles. The van der Waals surface area contributed by atoms with Crippen LogP contribution < -0.4 is 0 Å². The lowest BCUT2D eigenvalue weighted by Gasteiger charge is -2.22. The van der Waals surface area contributed by atoms with Crippen LogP contribution in [0.15, 0.2) is 6.07 Å². The lowest BCUT2D eigenvalue weighted by Crippen LogP contribution is -2.40. The number of carbonyl (C=O) groups is 2. The standard InChI is InChI=1S/C15H18N4O3/c1-8-7-10(12-9(2)17-18(3)13(12)16-8)14(20)19-6-4-5-11(19)15(21)22/h7,11H,4-6H2,1-3H3,(H,21,22). The van der Waals surface area contributed by atoms with Crippen molar-refractivity contribution in [3.8, 4) is 0 Å². The summed E-state index contributed by atoms with van der Waals surface area (Å²) in [4.78, 5) is 30.1. The first-order chi connectivity index (χ1) is 10.4. The monoisotopic (exact) mass is 302 g/mol. The molecule has 2 aromatic rings. The zero-order valence-corrected chi connectivity index (χ0v) is 12.8. The number of likely N-dealkylation sites (tertiary alicyclic amines) is 1. The third kappa shape index (κ3) is 2.13. The fraction of sp³-hybridized carbons (Fsp3) is 0.467. The van der Waals surface area contributed by atoms with E-state index in [4.69, 9.17) is 0 Å². The number of nitrogens with zero attached hydrogens (tertiary/aromatic N) is 4. The van der Waals surface area contributed by atoms with Gasteiger partial charge in [-0.3, -0.25) is 9.48 Å². The number of fused-ring (bicyclic) bond motifs is 1. The molecule has 0 aromatic carbocycles. The van der Waals surface area contributed by atoms with E-state index in [1.165, 1.54) is 4.90 Å². The van der Waals surface area contributed by atoms with Gasteiger partial charge in [-0.2, -0.15) is 5.10 Å². The predicted octanol–water partition coefficient (Wildman–Crippen LogP) is 1.27. The lowest BCUT2D eigenvalue weighted by atomic mass is 10.1. The number of aliphatic carboxylic acids is 1. The smallest absolute Gasteiger partial charge is 0.326 e. The van der Waals surface area contributed by atoms with Crippen LogP contribution in [0, 0.1) is 13.8 Å². The summed E-state index contributed by atoms with van der Waals surface area (Å²) in [5.74, 6) is -1.20. The molecule has 3 rings (SSSR count). The highest BCUT2D eigenvalue weighted by atomic mass is 16.4. The van der Waals surface area contributed by atoms with Gasteiger partial charge < -0.3 is 10.0 Å². The molecule has 1 amide bonds. The van der Waals surface area contributed by atoms with Crippen LogP contribution in [-0.4, -0.2) is 49.2 Å². The molecule has 2 aromatic heterocycles. The number of carbonyl (C=O) groups excluding carboxylic acids is 1. The maximum atomic E-state index is 12.9. The van der Waals surface area contributed by atoms with Crippen LogP contribution in [0.5, 0.6) is 0 Å². The minimum Gasteiger partial charge on any atom is -0.480 e. The number of aromatic nitrogens is 3. The van der Waals surface area contributed by atoms with Crippen molar-refractivity contribution in [2.75, 3.05) is 6.54 Å². The van der Waals surface area contributed by atoms with E-state index < -0.39 is 12.0 Å². The van der Waals surface area contributed by atoms with Gasteiger partial charge in [0.15, 0.2) is 5.65 Å². The normalized spacial score (nSPS) is 18.1. The van der Waals surface area contributed by atoms with E-state index in [-0.39, 0.29) is 5.91 Å². The molecule has 0 radical (unpaired) electrons. The van der Waals surface area contributed by atoms with Crippen LogP contribution >= 0.6 is 0 Å². The molecule has 1 aliphatic rings. The predicted molar refractivity (Wildman–Crippen MR) is 79.7 cm³/mol. The number of hydrogen-bond acceptors (Lipinski definition) is 4. The SMILES string of the molecule is Cc1cc(C(=O)N2CCCC2C(=O)O)c2c(C)nn(C)c2n1. The Morgan fingerprint density at radius 2 is 2.09 bits per heavy atom. The Morgan fingerprint density at radius 1 is 1.36 bits per heavy atom. The summed E-state index contributed by atoms with van der Waals surface area (Å²) in [7, 11) is 1.78. The minimum absolute atomic E-state index is 0.253. The first-order valence-electron chi connectivity index (χ1n) is 7.25. The van der Waals surface area contributed by atoms with Gasteiger partial charge in [0.1, 0.15) is 6.04 Å². The van der Waals surface area contributed by atoms with Crippen LogP contribution in [0.4, 0.5) is 0 Å². The third-order valence-electron chi connectivity index (χ3n) is 4.13. The van der Waals surface area contributed by atoms with E-state index in [0.29, 0.717) is 41.7 Å². The van der Waals surface area contributed by atoms with Gasteiger partial charge in [0.05, 0.1) is 16.6 Å². The van der Waals surface area contributed by atoms with E-state index in [0.717, 1.165) is 5.69 Å². The molecule has 7 heteroatoms. The van der Waals surface area contributed by atoms with Crippen molar-refractivity contribution < 1.29 is 14.7 Å². The molecule has 1 N–H and O–H groups in total. The van der Waals surface area contributed by atoms with Gasteiger partial charge in [-0.25, -0.2) is 9.78 Å². The Balaban J connectivity index is 2.13. The highest BCUT2D eigenvalue weighted by Crippen LogP contribution is 2.26. The van der Waals surface area contributed by atoms with E-state index in [2.05, 4.69) is 10.1 Å². The van der Waals surface area contributed by atoms with Gasteiger partial charge in [-0.15, -0.1) is 0 Å². The van der Waals surface area contributed by atoms with Gasteiger partial charge in [0.2, 0.25) is 0 Å². The molecule has 7 nitrogen and oxygen atoms in total. The van der Waals surface area contributed by atoms with Crippen LogP contribution in [0.25, 0.3) is 11.0 Å². The van der Waals surface area contributed by atoms with Crippen molar-refractivity contribution in [2.24, 2.45) is 7.05 Å². The molecule has 1 unspecified atom stereocenters. The topological polar surface area (TPSA) is 88.3 Å². The summed E-state index contributed by atoms with van der Waals surface area (Å²) in [6.07, 6.45) is 1.21. The average molecular weight is 302 g/mol. The molecule has 0 saturated carbocycles. The average Bonchev–Trinajstić information content (AvgIpc) is 3.03. The zero-order valence-electron chi connectivity index (χ0n) is 12.8. The summed E-state index contributed by atoms with van der Waals surface area (Å²) < 4.78 is 1.65. The maximum Gasteiger partial charge on any atom is 0.326 e. The number of carboxylic acid groups (broad SMARTS) is 1. The number of pyridine rings is 1. The van der Waals surface area contributed by atoms with E-state index >= 15 is 0 Å². The fourth-order valence-electron chi connectivity index (χ4n) is 3.16. The summed E-state index contributed by atoms with van der Waals surface area (Å²) in [6.45, 7) is 4.12. The summed E-state index contributed by atoms with van der Waals surface area (Å²) >= 11 is 0. The molecular formula is C15H18N4O3. The van der Waals surface area contributed by atoms with Gasteiger partial charge in [-0.05, 0) is 32.8 Å². The number of hydrogen-bond donors (Lipinski definition) is 1. The van der Waals surface area contributed by atoms with Gasteiger partial charge >= 0.3 is 5.97 Å². The Hall–Kier alpha value is -2.44. The van der Waals surface area contributed by atoms with Crippen molar-refractivity contribution in [1.29, 1.82) is 0 Å². The quantitative estimate of drug-likeness (QED) is 0.902. The van der Waals surface area contributed by atoms with Crippen LogP contribution in [0.2, 0.25) is 0 Å². The Morgan fingerprint density at radius 3 is 2.77 bits per heavy atom. The van der Waals surface area contributed by atoms with Crippen molar-refractivity contribution in [1.82, 2.24) is 19.7 Å². The number of aryl methyl sites for hydroxylation is 3. The zero-order chi connectivity index (χ0) is 16.0. The van der Waals surface area contributed by atoms with E-state index in [1.807, 2.05) is 13.8 Å². The fourth-order valence-corrected chi connectivity index (χ4v) is 3.16. The Bertz CT molecular complexity index is 781. The van der Waals surface area contributed by atoms with Crippen molar-refractivity contribution in [3.63, 3.8) is 0 Å². The second-order valence-electron chi connectivity index (χ2n) is 5.71. The molecule has 1 saturated heterocycles. The largest absolute Gasteiger partial charge is 0.480 e. The highest BCUT2D eigenvalue weighted by Gasteiger charge is 2.35. The van der Waals surface area contributed by atoms with Gasteiger partial charge in [-0.1, -0.05) is 0 Å². The van der Waals surface area contributed by atoms with Crippen LogP contribution in [0.1, 0.15) is 34.6 Å². The first kappa shape index (κ1) is 14.5. The molecule has 1 atom stereocenters. The van der Waals surface area contributed by atoms with Crippen molar-refractivity contribution in [2.45, 2.75) is 32.7 Å². The summed E-state index contributed by atoms with van der Waals surface area (Å²) in [5.41, 5.74) is 2.57. The van der Waals surface area contributed by atoms with E-state index in [1.54, 1.807) is 17.8 Å². The molecular weight excluding hydrogens is 284 g/mol. The molecule has 0 spiro atoms. The van der Waals surface area contributed by atoms with E-state index in [9.17, 15) is 14.7 Å². The molecule has 0 bridgehead atoms. The summed E-state index contributed by atoms with van der Waals surface area (Å²) in [6, 6.07) is 0.976. The Kier molecular flexibility index (Phi) is 3.35. The second kappa shape index (κ2) is 5.08. The number of amides is 1. The first-order valence-corrected chi connectivity index (χ1v) is 7.25. The maximum absolute atomic E-state index is 12.9. The molecule has 0 aliphatic carbocycles. The molecule has 3 heterocycles. The number of rotatable bonds is 2. The summed E-state index contributed by atoms with van der Waals surface area (Å²) in [5, 5.41) is 14.3. The third-order valence-corrected chi connectivity index (χ3v) is 4.13. The second-order valence-corrected chi connectivity index (χ2v) is 5.71. The molecule has 1 fully saturated rings.